The summed E-state index contributed by atoms with van der Waals surface area (Å²) in [6.45, 7) is 3.51. The molecule has 2 atom stereocenters. The molecule has 1 aromatic carbocycles. The lowest BCUT2D eigenvalue weighted by atomic mass is 10.0. The van der Waals surface area contributed by atoms with Gasteiger partial charge in [-0.3, -0.25) is 0 Å². The Bertz CT molecular complexity index is 510. The van der Waals surface area contributed by atoms with Crippen LogP contribution in [-0.2, 0) is 14.8 Å². The minimum Gasteiger partial charge on any atom is -0.381 e. The van der Waals surface area contributed by atoms with Crippen LogP contribution in [0.4, 0.5) is 5.69 Å². The van der Waals surface area contributed by atoms with E-state index in [1.54, 1.807) is 18.2 Å². The van der Waals surface area contributed by atoms with Crippen LogP contribution in [0.3, 0.4) is 0 Å². The van der Waals surface area contributed by atoms with E-state index in [9.17, 15) is 8.42 Å². The Morgan fingerprint density at radius 3 is 2.78 bits per heavy atom. The summed E-state index contributed by atoms with van der Waals surface area (Å²) in [4.78, 5) is 0.135. The molecule has 1 aromatic rings. The molecule has 0 amide bonds. The molecule has 3 N–H and O–H groups in total. The summed E-state index contributed by atoms with van der Waals surface area (Å²) in [7, 11) is -3.70. The van der Waals surface area contributed by atoms with Crippen LogP contribution in [0.5, 0.6) is 0 Å². The standard InChI is InChI=1S/C12H18N2O3S/c1-9(10-6-7-17-8-10)14-11-4-2-3-5-12(11)18(13,15)16/h2-5,9-10,14H,6-8H2,1H3,(H2,13,15,16). The maximum Gasteiger partial charge on any atom is 0.240 e. The van der Waals surface area contributed by atoms with E-state index in [4.69, 9.17) is 9.88 Å². The van der Waals surface area contributed by atoms with Gasteiger partial charge in [0.25, 0.3) is 0 Å². The molecule has 100 valence electrons. The largest absolute Gasteiger partial charge is 0.381 e. The number of hydrogen-bond acceptors (Lipinski definition) is 4. The van der Waals surface area contributed by atoms with Gasteiger partial charge in [0.15, 0.2) is 0 Å². The van der Waals surface area contributed by atoms with Gasteiger partial charge in [-0.15, -0.1) is 0 Å². The van der Waals surface area contributed by atoms with Crippen molar-refractivity contribution in [2.24, 2.45) is 11.1 Å². The zero-order chi connectivity index (χ0) is 13.2. The number of para-hydroxylation sites is 1. The van der Waals surface area contributed by atoms with Crippen molar-refractivity contribution in [3.8, 4) is 0 Å². The molecule has 5 nitrogen and oxygen atoms in total. The van der Waals surface area contributed by atoms with Crippen molar-refractivity contribution in [2.75, 3.05) is 18.5 Å². The summed E-state index contributed by atoms with van der Waals surface area (Å²) in [6.07, 6.45) is 0.992. The molecule has 1 aliphatic rings. The topological polar surface area (TPSA) is 81.4 Å². The Labute approximate surface area is 107 Å². The quantitative estimate of drug-likeness (QED) is 0.860. The molecule has 0 aromatic heterocycles. The van der Waals surface area contributed by atoms with E-state index >= 15 is 0 Å². The summed E-state index contributed by atoms with van der Waals surface area (Å²) in [5.74, 6) is 0.401. The highest BCUT2D eigenvalue weighted by Gasteiger charge is 2.23. The molecular weight excluding hydrogens is 252 g/mol. The molecule has 0 saturated carbocycles. The lowest BCUT2D eigenvalue weighted by Gasteiger charge is -2.21. The highest BCUT2D eigenvalue weighted by Crippen LogP contribution is 2.24. The maximum atomic E-state index is 11.5. The fourth-order valence-electron chi connectivity index (χ4n) is 2.14. The Morgan fingerprint density at radius 1 is 1.44 bits per heavy atom. The molecule has 1 aliphatic heterocycles. The first kappa shape index (κ1) is 13.3. The molecule has 1 heterocycles. The van der Waals surface area contributed by atoms with Crippen LogP contribution >= 0.6 is 0 Å². The SMILES string of the molecule is CC(Nc1ccccc1S(N)(=O)=O)C1CCOC1. The highest BCUT2D eigenvalue weighted by molar-refractivity contribution is 7.89. The average molecular weight is 270 g/mol. The number of nitrogens with one attached hydrogen (secondary N) is 1. The fraction of sp³-hybridized carbons (Fsp3) is 0.500. The van der Waals surface area contributed by atoms with Gasteiger partial charge in [-0.1, -0.05) is 12.1 Å². The van der Waals surface area contributed by atoms with Gasteiger partial charge >= 0.3 is 0 Å². The Hall–Kier alpha value is -1.11. The van der Waals surface area contributed by atoms with Gasteiger partial charge in [0, 0.05) is 18.6 Å². The van der Waals surface area contributed by atoms with Gasteiger partial charge in [-0.05, 0) is 25.5 Å². The molecule has 0 spiro atoms. The van der Waals surface area contributed by atoms with Gasteiger partial charge in [0.2, 0.25) is 10.0 Å². The lowest BCUT2D eigenvalue weighted by molar-refractivity contribution is 0.183. The van der Waals surface area contributed by atoms with Crippen molar-refractivity contribution in [1.29, 1.82) is 0 Å². The minimum atomic E-state index is -3.70. The highest BCUT2D eigenvalue weighted by atomic mass is 32.2. The van der Waals surface area contributed by atoms with Crippen molar-refractivity contribution < 1.29 is 13.2 Å². The number of rotatable bonds is 4. The van der Waals surface area contributed by atoms with Crippen molar-refractivity contribution in [3.05, 3.63) is 24.3 Å². The van der Waals surface area contributed by atoms with E-state index in [0.717, 1.165) is 13.0 Å². The zero-order valence-electron chi connectivity index (χ0n) is 10.3. The predicted octanol–water partition coefficient (Wildman–Crippen LogP) is 1.17. The van der Waals surface area contributed by atoms with E-state index in [1.165, 1.54) is 6.07 Å². The van der Waals surface area contributed by atoms with E-state index < -0.39 is 10.0 Å². The summed E-state index contributed by atoms with van der Waals surface area (Å²) < 4.78 is 28.3. The van der Waals surface area contributed by atoms with Gasteiger partial charge in [-0.2, -0.15) is 0 Å². The second kappa shape index (κ2) is 5.26. The first-order chi connectivity index (χ1) is 8.48. The normalized spacial score (nSPS) is 21.8. The first-order valence-electron chi connectivity index (χ1n) is 5.94. The lowest BCUT2D eigenvalue weighted by Crippen LogP contribution is -2.27. The molecule has 18 heavy (non-hydrogen) atoms. The molecule has 2 unspecified atom stereocenters. The first-order valence-corrected chi connectivity index (χ1v) is 7.49. The molecule has 1 fully saturated rings. The average Bonchev–Trinajstić information content (AvgIpc) is 2.81. The number of anilines is 1. The molecule has 0 bridgehead atoms. The van der Waals surface area contributed by atoms with Crippen LogP contribution in [-0.4, -0.2) is 27.7 Å². The molecule has 0 radical (unpaired) electrons. The van der Waals surface area contributed by atoms with Gasteiger partial charge in [0.1, 0.15) is 4.90 Å². The van der Waals surface area contributed by atoms with E-state index in [1.807, 2.05) is 6.92 Å². The third-order valence-corrected chi connectivity index (χ3v) is 4.22. The van der Waals surface area contributed by atoms with Crippen molar-refractivity contribution in [3.63, 3.8) is 0 Å². The second-order valence-electron chi connectivity index (χ2n) is 4.60. The molecule has 2 rings (SSSR count). The number of benzene rings is 1. The van der Waals surface area contributed by atoms with Gasteiger partial charge in [0.05, 0.1) is 12.3 Å². The molecule has 1 saturated heterocycles. The number of primary sulfonamides is 1. The zero-order valence-corrected chi connectivity index (χ0v) is 11.1. The number of nitrogens with two attached hydrogens (primary N) is 1. The summed E-state index contributed by atoms with van der Waals surface area (Å²) in [5.41, 5.74) is 0.555. The van der Waals surface area contributed by atoms with Gasteiger partial charge in [-0.25, -0.2) is 13.6 Å². The van der Waals surface area contributed by atoms with Crippen molar-refractivity contribution in [2.45, 2.75) is 24.3 Å². The van der Waals surface area contributed by atoms with Crippen LogP contribution in [0.1, 0.15) is 13.3 Å². The predicted molar refractivity (Wildman–Crippen MR) is 69.8 cm³/mol. The summed E-state index contributed by atoms with van der Waals surface area (Å²) in [5, 5.41) is 8.41. The number of sulfonamides is 1. The number of ether oxygens (including phenoxy) is 1. The third kappa shape index (κ3) is 3.01. The van der Waals surface area contributed by atoms with E-state index in [2.05, 4.69) is 5.32 Å². The number of hydrogen-bond donors (Lipinski definition) is 2. The summed E-state index contributed by atoms with van der Waals surface area (Å²) in [6, 6.07) is 6.83. The van der Waals surface area contributed by atoms with Crippen molar-refractivity contribution in [1.82, 2.24) is 0 Å². The van der Waals surface area contributed by atoms with Crippen molar-refractivity contribution >= 4 is 15.7 Å². The smallest absolute Gasteiger partial charge is 0.240 e. The Kier molecular flexibility index (Phi) is 3.89. The fourth-order valence-corrected chi connectivity index (χ4v) is 2.85. The Morgan fingerprint density at radius 2 is 2.17 bits per heavy atom. The van der Waals surface area contributed by atoms with Crippen LogP contribution in [0.25, 0.3) is 0 Å². The Balaban J connectivity index is 2.18. The van der Waals surface area contributed by atoms with Crippen LogP contribution in [0.2, 0.25) is 0 Å². The molecule has 0 aliphatic carbocycles. The maximum absolute atomic E-state index is 11.5. The van der Waals surface area contributed by atoms with Crippen LogP contribution in [0, 0.1) is 5.92 Å². The minimum absolute atomic E-state index is 0.135. The van der Waals surface area contributed by atoms with E-state index in [0.29, 0.717) is 18.2 Å². The van der Waals surface area contributed by atoms with Crippen LogP contribution < -0.4 is 10.5 Å². The third-order valence-electron chi connectivity index (χ3n) is 3.25. The van der Waals surface area contributed by atoms with Gasteiger partial charge < -0.3 is 10.1 Å². The molecule has 6 heteroatoms. The monoisotopic (exact) mass is 270 g/mol. The van der Waals surface area contributed by atoms with Crippen LogP contribution in [0.15, 0.2) is 29.2 Å². The van der Waals surface area contributed by atoms with E-state index in [-0.39, 0.29) is 10.9 Å². The summed E-state index contributed by atoms with van der Waals surface area (Å²) >= 11 is 0. The second-order valence-corrected chi connectivity index (χ2v) is 6.13. The molecular formula is C12H18N2O3S.